The number of rotatable bonds is 2. The van der Waals surface area contributed by atoms with Crippen LogP contribution in [0.5, 0.6) is 0 Å². The molecule has 114 valence electrons. The summed E-state index contributed by atoms with van der Waals surface area (Å²) in [5.74, 6) is 0.228. The summed E-state index contributed by atoms with van der Waals surface area (Å²) in [5, 5.41) is 5.77. The van der Waals surface area contributed by atoms with Crippen molar-refractivity contribution >= 4 is 15.9 Å². The van der Waals surface area contributed by atoms with E-state index in [1.54, 1.807) is 0 Å². The average Bonchev–Trinajstić information content (AvgIpc) is 2.78. The zero-order valence-corrected chi connectivity index (χ0v) is 12.7. The molecule has 2 N–H and O–H groups in total. The Morgan fingerprint density at radius 1 is 1.14 bits per heavy atom. The number of benzene rings is 1. The van der Waals surface area contributed by atoms with Gasteiger partial charge in [-0.1, -0.05) is 24.3 Å². The third-order valence-electron chi connectivity index (χ3n) is 4.24. The Bertz CT molecular complexity index is 642. The highest BCUT2D eigenvalue weighted by Crippen LogP contribution is 2.29. The van der Waals surface area contributed by atoms with Crippen LogP contribution >= 0.6 is 0 Å². The third-order valence-corrected chi connectivity index (χ3v) is 6.01. The fourth-order valence-corrected chi connectivity index (χ4v) is 4.87. The van der Waals surface area contributed by atoms with E-state index < -0.39 is 9.84 Å². The molecule has 1 aliphatic carbocycles. The Hall–Kier alpha value is -1.56. The number of aryl methyl sites for hydroxylation is 1. The first-order valence-electron chi connectivity index (χ1n) is 7.39. The molecule has 0 saturated carbocycles. The molecule has 1 saturated heterocycles. The van der Waals surface area contributed by atoms with Crippen molar-refractivity contribution in [1.82, 2.24) is 10.6 Å². The van der Waals surface area contributed by atoms with Crippen molar-refractivity contribution in [3.05, 3.63) is 35.4 Å². The molecular formula is C15H20N2O3S. The van der Waals surface area contributed by atoms with Gasteiger partial charge in [0.1, 0.15) is 0 Å². The standard InChI is InChI=1S/C15H20N2O3S/c18-15(16-12-8-9-21(19,20)10-12)17-14-7-3-5-11-4-1-2-6-13(11)14/h1-2,4,6,12,14H,3,5,7-10H2,(H2,16,17,18)/t12-,14+/m1/s1. The smallest absolute Gasteiger partial charge is 0.315 e. The van der Waals surface area contributed by atoms with Crippen LogP contribution in [0.2, 0.25) is 0 Å². The van der Waals surface area contributed by atoms with Crippen molar-refractivity contribution in [3.63, 3.8) is 0 Å². The number of hydrogen-bond acceptors (Lipinski definition) is 3. The third kappa shape index (κ3) is 3.37. The number of urea groups is 1. The van der Waals surface area contributed by atoms with Gasteiger partial charge in [-0.3, -0.25) is 0 Å². The lowest BCUT2D eigenvalue weighted by Gasteiger charge is -2.27. The minimum Gasteiger partial charge on any atom is -0.334 e. The minimum atomic E-state index is -2.97. The van der Waals surface area contributed by atoms with E-state index in [-0.39, 0.29) is 29.6 Å². The molecule has 6 heteroatoms. The van der Waals surface area contributed by atoms with Crippen molar-refractivity contribution in [1.29, 1.82) is 0 Å². The van der Waals surface area contributed by atoms with Crippen LogP contribution < -0.4 is 10.6 Å². The molecule has 1 heterocycles. The first kappa shape index (κ1) is 14.4. The molecule has 2 atom stereocenters. The van der Waals surface area contributed by atoms with E-state index in [4.69, 9.17) is 0 Å². The van der Waals surface area contributed by atoms with Gasteiger partial charge in [-0.2, -0.15) is 0 Å². The highest BCUT2D eigenvalue weighted by molar-refractivity contribution is 7.91. The highest BCUT2D eigenvalue weighted by Gasteiger charge is 2.29. The molecule has 0 spiro atoms. The molecule has 1 aliphatic heterocycles. The van der Waals surface area contributed by atoms with Gasteiger partial charge in [-0.05, 0) is 36.8 Å². The topological polar surface area (TPSA) is 75.3 Å². The molecule has 5 nitrogen and oxygen atoms in total. The van der Waals surface area contributed by atoms with Gasteiger partial charge in [-0.15, -0.1) is 0 Å². The molecule has 0 bridgehead atoms. The Balaban J connectivity index is 1.61. The van der Waals surface area contributed by atoms with Crippen LogP contribution in [-0.4, -0.2) is 32.0 Å². The number of amides is 2. The molecule has 0 unspecified atom stereocenters. The fourth-order valence-electron chi connectivity index (χ4n) is 3.20. The van der Waals surface area contributed by atoms with Gasteiger partial charge in [0, 0.05) is 6.04 Å². The maximum Gasteiger partial charge on any atom is 0.315 e. The second-order valence-corrected chi connectivity index (χ2v) is 8.09. The van der Waals surface area contributed by atoms with E-state index in [1.165, 1.54) is 11.1 Å². The SMILES string of the molecule is O=C(N[C@@H]1CCS(=O)(=O)C1)N[C@H]1CCCc2ccccc21. The summed E-state index contributed by atoms with van der Waals surface area (Å²) in [6.45, 7) is 0. The highest BCUT2D eigenvalue weighted by atomic mass is 32.2. The van der Waals surface area contributed by atoms with Gasteiger partial charge in [-0.25, -0.2) is 13.2 Å². The largest absolute Gasteiger partial charge is 0.334 e. The second kappa shape index (κ2) is 5.67. The number of carbonyl (C=O) groups excluding carboxylic acids is 1. The quantitative estimate of drug-likeness (QED) is 0.870. The van der Waals surface area contributed by atoms with Crippen LogP contribution in [0.25, 0.3) is 0 Å². The Kier molecular flexibility index (Phi) is 3.89. The van der Waals surface area contributed by atoms with E-state index in [1.807, 2.05) is 12.1 Å². The van der Waals surface area contributed by atoms with Gasteiger partial charge in [0.2, 0.25) is 0 Å². The first-order valence-corrected chi connectivity index (χ1v) is 9.21. The van der Waals surface area contributed by atoms with E-state index >= 15 is 0 Å². The van der Waals surface area contributed by atoms with Crippen LogP contribution in [0, 0.1) is 0 Å². The maximum absolute atomic E-state index is 12.1. The average molecular weight is 308 g/mol. The lowest BCUT2D eigenvalue weighted by Crippen LogP contribution is -2.44. The zero-order valence-electron chi connectivity index (χ0n) is 11.8. The molecule has 1 fully saturated rings. The molecule has 1 aromatic rings. The Labute approximate surface area is 125 Å². The van der Waals surface area contributed by atoms with E-state index in [2.05, 4.69) is 22.8 Å². The first-order chi connectivity index (χ1) is 10.0. The molecule has 2 amide bonds. The molecular weight excluding hydrogens is 288 g/mol. The molecule has 0 aromatic heterocycles. The number of sulfone groups is 1. The number of nitrogens with one attached hydrogen (secondary N) is 2. The number of hydrogen-bond donors (Lipinski definition) is 2. The van der Waals surface area contributed by atoms with Crippen molar-refractivity contribution in [2.75, 3.05) is 11.5 Å². The summed E-state index contributed by atoms with van der Waals surface area (Å²) in [4.78, 5) is 12.1. The summed E-state index contributed by atoms with van der Waals surface area (Å²) in [6, 6.07) is 7.66. The summed E-state index contributed by atoms with van der Waals surface area (Å²) in [7, 11) is -2.97. The van der Waals surface area contributed by atoms with Gasteiger partial charge < -0.3 is 10.6 Å². The van der Waals surface area contributed by atoms with Gasteiger partial charge in [0.15, 0.2) is 9.84 Å². The van der Waals surface area contributed by atoms with E-state index in [0.717, 1.165) is 19.3 Å². The molecule has 1 aromatic carbocycles. The number of carbonyl (C=O) groups is 1. The predicted octanol–water partition coefficient (Wildman–Crippen LogP) is 1.55. The molecule has 3 rings (SSSR count). The summed E-state index contributed by atoms with van der Waals surface area (Å²) in [5.41, 5.74) is 2.47. The van der Waals surface area contributed by atoms with E-state index in [9.17, 15) is 13.2 Å². The lowest BCUT2D eigenvalue weighted by molar-refractivity contribution is 0.232. The van der Waals surface area contributed by atoms with Crippen LogP contribution in [0.15, 0.2) is 24.3 Å². The van der Waals surface area contributed by atoms with Crippen molar-refractivity contribution < 1.29 is 13.2 Å². The summed E-state index contributed by atoms with van der Waals surface area (Å²) in [6.07, 6.45) is 3.54. The second-order valence-electron chi connectivity index (χ2n) is 5.86. The maximum atomic E-state index is 12.1. The normalized spacial score (nSPS) is 26.9. The van der Waals surface area contributed by atoms with Crippen molar-refractivity contribution in [2.45, 2.75) is 37.8 Å². The van der Waals surface area contributed by atoms with Crippen LogP contribution in [-0.2, 0) is 16.3 Å². The minimum absolute atomic E-state index is 0.0213. The zero-order chi connectivity index (χ0) is 14.9. The molecule has 2 aliphatic rings. The molecule has 0 radical (unpaired) electrons. The van der Waals surface area contributed by atoms with Gasteiger partial charge in [0.05, 0.1) is 17.5 Å². The van der Waals surface area contributed by atoms with Crippen molar-refractivity contribution in [3.8, 4) is 0 Å². The number of fused-ring (bicyclic) bond motifs is 1. The van der Waals surface area contributed by atoms with Gasteiger partial charge >= 0.3 is 6.03 Å². The Morgan fingerprint density at radius 3 is 2.71 bits per heavy atom. The van der Waals surface area contributed by atoms with Crippen molar-refractivity contribution in [2.24, 2.45) is 0 Å². The summed E-state index contributed by atoms with van der Waals surface area (Å²) >= 11 is 0. The molecule has 21 heavy (non-hydrogen) atoms. The monoisotopic (exact) mass is 308 g/mol. The lowest BCUT2D eigenvalue weighted by atomic mass is 9.88. The van der Waals surface area contributed by atoms with Crippen LogP contribution in [0.4, 0.5) is 4.79 Å². The Morgan fingerprint density at radius 2 is 1.95 bits per heavy atom. The van der Waals surface area contributed by atoms with Crippen LogP contribution in [0.1, 0.15) is 36.4 Å². The van der Waals surface area contributed by atoms with Gasteiger partial charge in [0.25, 0.3) is 0 Å². The van der Waals surface area contributed by atoms with Crippen LogP contribution in [0.3, 0.4) is 0 Å². The predicted molar refractivity (Wildman–Crippen MR) is 80.8 cm³/mol. The summed E-state index contributed by atoms with van der Waals surface area (Å²) < 4.78 is 22.8. The van der Waals surface area contributed by atoms with E-state index in [0.29, 0.717) is 6.42 Å². The fraction of sp³-hybridized carbons (Fsp3) is 0.533.